The monoisotopic (exact) mass is 233 g/mol. The van der Waals surface area contributed by atoms with Gasteiger partial charge in [-0.3, -0.25) is 0 Å². The molecule has 0 spiro atoms. The van der Waals surface area contributed by atoms with Crippen LogP contribution in [-0.2, 0) is 0 Å². The highest BCUT2D eigenvalue weighted by atomic mass is 15.4. The van der Waals surface area contributed by atoms with Crippen LogP contribution in [0, 0.1) is 0 Å². The Morgan fingerprint density at radius 1 is 1.29 bits per heavy atom. The first-order chi connectivity index (χ1) is 8.08. The molecule has 0 saturated carbocycles. The first-order valence-corrected chi connectivity index (χ1v) is 5.32. The largest absolute Gasteiger partial charge is 0.368 e. The van der Waals surface area contributed by atoms with Crippen LogP contribution in [0.2, 0.25) is 0 Å². The molecule has 0 radical (unpaired) electrons. The zero-order valence-electron chi connectivity index (χ0n) is 10.1. The minimum atomic E-state index is 0.188. The highest BCUT2D eigenvalue weighted by Gasteiger charge is 2.12. The molecule has 0 fully saturated rings. The van der Waals surface area contributed by atoms with Crippen molar-refractivity contribution < 1.29 is 0 Å². The van der Waals surface area contributed by atoms with Crippen molar-refractivity contribution in [2.75, 3.05) is 17.7 Å². The Bertz CT molecular complexity index is 491. The van der Waals surface area contributed by atoms with Gasteiger partial charge in [-0.25, -0.2) is 4.68 Å². The van der Waals surface area contributed by atoms with Gasteiger partial charge in [-0.2, -0.15) is 20.1 Å². The summed E-state index contributed by atoms with van der Waals surface area (Å²) >= 11 is 0. The van der Waals surface area contributed by atoms with E-state index in [1.54, 1.807) is 23.1 Å². The Balaban J connectivity index is 2.43. The molecule has 90 valence electrons. The van der Waals surface area contributed by atoms with E-state index in [0.717, 1.165) is 0 Å². The van der Waals surface area contributed by atoms with Crippen molar-refractivity contribution in [1.82, 2.24) is 24.7 Å². The predicted octanol–water partition coefficient (Wildman–Crippen LogP) is 0.484. The van der Waals surface area contributed by atoms with Crippen LogP contribution in [0.25, 0.3) is 5.95 Å². The van der Waals surface area contributed by atoms with Gasteiger partial charge in [0.05, 0.1) is 0 Å². The predicted molar refractivity (Wildman–Crippen MR) is 64.9 cm³/mol. The lowest BCUT2D eigenvalue weighted by molar-refractivity contribution is 0.713. The maximum absolute atomic E-state index is 5.67. The molecule has 17 heavy (non-hydrogen) atoms. The topological polar surface area (TPSA) is 85.8 Å². The van der Waals surface area contributed by atoms with Crippen molar-refractivity contribution in [1.29, 1.82) is 0 Å². The number of nitrogens with zero attached hydrogens (tertiary/aromatic N) is 6. The van der Waals surface area contributed by atoms with E-state index in [4.69, 9.17) is 5.73 Å². The number of nitrogen functional groups attached to an aromatic ring is 1. The summed E-state index contributed by atoms with van der Waals surface area (Å²) in [6, 6.07) is 2.08. The van der Waals surface area contributed by atoms with Crippen molar-refractivity contribution in [2.45, 2.75) is 19.9 Å². The third-order valence-electron chi connectivity index (χ3n) is 2.43. The molecule has 2 aromatic rings. The van der Waals surface area contributed by atoms with E-state index in [2.05, 4.69) is 20.1 Å². The molecule has 0 aliphatic carbocycles. The lowest BCUT2D eigenvalue weighted by Gasteiger charge is -2.21. The van der Waals surface area contributed by atoms with Gasteiger partial charge in [-0.05, 0) is 19.9 Å². The van der Waals surface area contributed by atoms with E-state index in [9.17, 15) is 0 Å². The molecule has 0 aromatic carbocycles. The first-order valence-electron chi connectivity index (χ1n) is 5.32. The zero-order valence-corrected chi connectivity index (χ0v) is 10.1. The van der Waals surface area contributed by atoms with Gasteiger partial charge in [0, 0.05) is 25.5 Å². The number of anilines is 2. The van der Waals surface area contributed by atoms with Gasteiger partial charge in [-0.1, -0.05) is 0 Å². The molecule has 0 atom stereocenters. The van der Waals surface area contributed by atoms with Crippen LogP contribution in [0.5, 0.6) is 0 Å². The molecule has 2 rings (SSSR count). The number of hydrogen-bond acceptors (Lipinski definition) is 6. The van der Waals surface area contributed by atoms with Crippen molar-refractivity contribution in [2.24, 2.45) is 0 Å². The molecule has 2 N–H and O–H groups in total. The van der Waals surface area contributed by atoms with Gasteiger partial charge < -0.3 is 10.6 Å². The van der Waals surface area contributed by atoms with Gasteiger partial charge >= 0.3 is 0 Å². The molecule has 7 nitrogen and oxygen atoms in total. The average Bonchev–Trinajstić information content (AvgIpc) is 2.80. The molecule has 0 aliphatic heterocycles. The lowest BCUT2D eigenvalue weighted by Crippen LogP contribution is -2.28. The summed E-state index contributed by atoms with van der Waals surface area (Å²) in [5.74, 6) is 1.15. The van der Waals surface area contributed by atoms with Crippen LogP contribution in [0.15, 0.2) is 18.5 Å². The highest BCUT2D eigenvalue weighted by molar-refractivity contribution is 5.37. The normalized spacial score (nSPS) is 10.8. The SMILES string of the molecule is CC(C)N(C)c1nc(N)nc(-n2cccn2)n1. The minimum absolute atomic E-state index is 0.188. The number of aromatic nitrogens is 5. The van der Waals surface area contributed by atoms with Crippen LogP contribution in [-0.4, -0.2) is 37.8 Å². The summed E-state index contributed by atoms with van der Waals surface area (Å²) in [5.41, 5.74) is 5.67. The molecule has 0 amide bonds. The summed E-state index contributed by atoms with van der Waals surface area (Å²) in [4.78, 5) is 14.4. The number of hydrogen-bond donors (Lipinski definition) is 1. The van der Waals surface area contributed by atoms with E-state index in [1.807, 2.05) is 25.8 Å². The van der Waals surface area contributed by atoms with Gasteiger partial charge in [0.2, 0.25) is 11.9 Å². The van der Waals surface area contributed by atoms with E-state index >= 15 is 0 Å². The van der Waals surface area contributed by atoms with Crippen molar-refractivity contribution in [3.63, 3.8) is 0 Å². The Morgan fingerprint density at radius 2 is 2.06 bits per heavy atom. The molecule has 0 unspecified atom stereocenters. The van der Waals surface area contributed by atoms with Crippen LogP contribution in [0.4, 0.5) is 11.9 Å². The summed E-state index contributed by atoms with van der Waals surface area (Å²) in [5, 5.41) is 4.06. The Hall–Kier alpha value is -2.18. The Morgan fingerprint density at radius 3 is 2.65 bits per heavy atom. The average molecular weight is 233 g/mol. The van der Waals surface area contributed by atoms with Gasteiger partial charge in [0.15, 0.2) is 0 Å². The minimum Gasteiger partial charge on any atom is -0.368 e. The summed E-state index contributed by atoms with van der Waals surface area (Å²) in [7, 11) is 1.91. The van der Waals surface area contributed by atoms with Crippen molar-refractivity contribution in [3.05, 3.63) is 18.5 Å². The lowest BCUT2D eigenvalue weighted by atomic mass is 10.4. The molecule has 0 aliphatic rings. The molecule has 0 bridgehead atoms. The van der Waals surface area contributed by atoms with Gasteiger partial charge in [-0.15, -0.1) is 0 Å². The summed E-state index contributed by atoms with van der Waals surface area (Å²) in [6.45, 7) is 4.10. The molecule has 7 heteroatoms. The smallest absolute Gasteiger partial charge is 0.257 e. The third kappa shape index (κ3) is 2.32. The fourth-order valence-corrected chi connectivity index (χ4v) is 1.25. The molecular formula is C10H15N7. The van der Waals surface area contributed by atoms with Crippen LogP contribution < -0.4 is 10.6 Å². The van der Waals surface area contributed by atoms with E-state index in [-0.39, 0.29) is 12.0 Å². The maximum Gasteiger partial charge on any atom is 0.257 e. The molecule has 2 aromatic heterocycles. The van der Waals surface area contributed by atoms with E-state index in [0.29, 0.717) is 11.9 Å². The quantitative estimate of drug-likeness (QED) is 0.830. The maximum atomic E-state index is 5.67. The zero-order chi connectivity index (χ0) is 12.4. The van der Waals surface area contributed by atoms with E-state index < -0.39 is 0 Å². The second-order valence-corrected chi connectivity index (χ2v) is 3.95. The molecular weight excluding hydrogens is 218 g/mol. The van der Waals surface area contributed by atoms with Crippen molar-refractivity contribution >= 4 is 11.9 Å². The van der Waals surface area contributed by atoms with Crippen LogP contribution in [0.1, 0.15) is 13.8 Å². The fourth-order valence-electron chi connectivity index (χ4n) is 1.25. The molecule has 0 saturated heterocycles. The summed E-state index contributed by atoms with van der Waals surface area (Å²) < 4.78 is 1.55. The molecule has 2 heterocycles. The Kier molecular flexibility index (Phi) is 2.90. The van der Waals surface area contributed by atoms with Gasteiger partial charge in [0.1, 0.15) is 0 Å². The fraction of sp³-hybridized carbons (Fsp3) is 0.400. The third-order valence-corrected chi connectivity index (χ3v) is 2.43. The van der Waals surface area contributed by atoms with Crippen molar-refractivity contribution in [3.8, 4) is 5.95 Å². The second kappa shape index (κ2) is 4.36. The standard InChI is InChI=1S/C10H15N7/c1-7(2)16(3)9-13-8(11)14-10(15-9)17-6-4-5-12-17/h4-7H,1-3H3,(H2,11,13,14,15). The number of nitrogens with two attached hydrogens (primary N) is 1. The van der Waals surface area contributed by atoms with Crippen LogP contribution in [0.3, 0.4) is 0 Å². The summed E-state index contributed by atoms with van der Waals surface area (Å²) in [6.07, 6.45) is 3.42. The Labute approximate surface area is 99.3 Å². The second-order valence-electron chi connectivity index (χ2n) is 3.95. The highest BCUT2D eigenvalue weighted by Crippen LogP contribution is 2.11. The van der Waals surface area contributed by atoms with E-state index in [1.165, 1.54) is 0 Å². The number of rotatable bonds is 3. The van der Waals surface area contributed by atoms with Crippen LogP contribution >= 0.6 is 0 Å². The van der Waals surface area contributed by atoms with Gasteiger partial charge in [0.25, 0.3) is 5.95 Å². The first kappa shape index (κ1) is 11.3.